The van der Waals surface area contributed by atoms with Gasteiger partial charge in [0.15, 0.2) is 5.11 Å². The summed E-state index contributed by atoms with van der Waals surface area (Å²) in [5.41, 5.74) is 0.920. The fourth-order valence-electron chi connectivity index (χ4n) is 3.51. The zero-order valence-electron chi connectivity index (χ0n) is 14.4. The average molecular weight is 397 g/mol. The van der Waals surface area contributed by atoms with E-state index in [1.54, 1.807) is 0 Å². The van der Waals surface area contributed by atoms with Crippen molar-refractivity contribution >= 4 is 39.7 Å². The Morgan fingerprint density at radius 3 is 2.50 bits per heavy atom. The number of hydrogen-bond donors (Lipinski definition) is 4. The quantitative estimate of drug-likeness (QED) is 0.228. The second-order valence-electron chi connectivity index (χ2n) is 6.51. The normalized spacial score (nSPS) is 15.2. The summed E-state index contributed by atoms with van der Waals surface area (Å²) in [4.78, 5) is 39.3. The second kappa shape index (κ2) is 6.89. The van der Waals surface area contributed by atoms with Crippen LogP contribution in [0.4, 0.5) is 11.4 Å². The Morgan fingerprint density at radius 2 is 1.79 bits per heavy atom. The molecule has 1 heterocycles. The molecule has 2 aromatic carbocycles. The number of thiocarbonyl (C=S) groups is 1. The van der Waals surface area contributed by atoms with Gasteiger partial charge in [-0.25, -0.2) is 0 Å². The van der Waals surface area contributed by atoms with Gasteiger partial charge in [-0.3, -0.25) is 19.7 Å². The number of hydrogen-bond acceptors (Lipinski definition) is 5. The molecule has 10 heteroatoms. The van der Waals surface area contributed by atoms with E-state index in [-0.39, 0.29) is 17.2 Å². The molecule has 9 nitrogen and oxygen atoms in total. The van der Waals surface area contributed by atoms with Gasteiger partial charge in [0, 0.05) is 29.8 Å². The number of nitro groups is 1. The molecule has 28 heavy (non-hydrogen) atoms. The number of aromatic nitrogens is 2. The van der Waals surface area contributed by atoms with Crippen molar-refractivity contribution in [3.05, 3.63) is 78.3 Å². The molecule has 1 unspecified atom stereocenters. The first kappa shape index (κ1) is 17.9. The van der Waals surface area contributed by atoms with Gasteiger partial charge >= 0.3 is 11.1 Å². The number of nitrogens with zero attached hydrogens (tertiary/aromatic N) is 1. The van der Waals surface area contributed by atoms with E-state index in [0.29, 0.717) is 34.6 Å². The SMILES string of the molecule is O=c1[nH]c2cc([N+](=O)[O-])c3c(c2[nH]c1=O)CC(NC(=S)Nc1ccccc1)C3. The van der Waals surface area contributed by atoms with E-state index < -0.39 is 16.0 Å². The number of H-pyrrole nitrogens is 2. The van der Waals surface area contributed by atoms with Gasteiger partial charge in [-0.2, -0.15) is 0 Å². The lowest BCUT2D eigenvalue weighted by Gasteiger charge is -2.15. The second-order valence-corrected chi connectivity index (χ2v) is 6.92. The molecule has 1 aromatic heterocycles. The Bertz CT molecular complexity index is 1220. The van der Waals surface area contributed by atoms with Crippen LogP contribution in [0.5, 0.6) is 0 Å². The molecule has 4 N–H and O–H groups in total. The first-order valence-electron chi connectivity index (χ1n) is 8.50. The highest BCUT2D eigenvalue weighted by Gasteiger charge is 2.32. The molecule has 4 rings (SSSR count). The minimum Gasteiger partial charge on any atom is -0.359 e. The summed E-state index contributed by atoms with van der Waals surface area (Å²) in [6.45, 7) is 0. The highest BCUT2D eigenvalue weighted by Crippen LogP contribution is 2.35. The molecule has 0 bridgehead atoms. The lowest BCUT2D eigenvalue weighted by molar-refractivity contribution is -0.385. The van der Waals surface area contributed by atoms with Crippen molar-refractivity contribution in [2.45, 2.75) is 18.9 Å². The van der Waals surface area contributed by atoms with Crippen LogP contribution in [-0.2, 0) is 12.8 Å². The van der Waals surface area contributed by atoms with E-state index >= 15 is 0 Å². The Labute approximate surface area is 162 Å². The van der Waals surface area contributed by atoms with Crippen molar-refractivity contribution in [3.63, 3.8) is 0 Å². The van der Waals surface area contributed by atoms with Crippen LogP contribution in [-0.4, -0.2) is 26.0 Å². The van der Waals surface area contributed by atoms with Crippen molar-refractivity contribution in [2.75, 3.05) is 5.32 Å². The van der Waals surface area contributed by atoms with Crippen molar-refractivity contribution in [2.24, 2.45) is 0 Å². The minimum atomic E-state index is -0.845. The molecule has 0 aliphatic heterocycles. The predicted octanol–water partition coefficient (Wildman–Crippen LogP) is 1.58. The molecule has 0 saturated carbocycles. The highest BCUT2D eigenvalue weighted by molar-refractivity contribution is 7.80. The van der Waals surface area contributed by atoms with E-state index in [9.17, 15) is 19.7 Å². The summed E-state index contributed by atoms with van der Waals surface area (Å²) in [6.07, 6.45) is 0.797. The van der Waals surface area contributed by atoms with E-state index in [0.717, 1.165) is 5.69 Å². The summed E-state index contributed by atoms with van der Waals surface area (Å²) in [7, 11) is 0. The molecule has 1 atom stereocenters. The fourth-order valence-corrected chi connectivity index (χ4v) is 3.80. The third kappa shape index (κ3) is 3.25. The molecule has 0 saturated heterocycles. The standard InChI is InChI=1S/C18H15N5O4S/c24-16-17(25)22-15-12-7-10(20-18(28)19-9-4-2-1-3-5-9)6-11(12)14(23(26)27)8-13(15)21-16/h1-5,8,10H,6-7H2,(H,21,24)(H,22,25)(H2,19,20,28). The van der Waals surface area contributed by atoms with Crippen LogP contribution in [0.25, 0.3) is 11.0 Å². The number of rotatable bonds is 3. The van der Waals surface area contributed by atoms with Crippen molar-refractivity contribution < 1.29 is 4.92 Å². The number of aromatic amines is 2. The fraction of sp³-hybridized carbons (Fsp3) is 0.167. The molecule has 0 fully saturated rings. The molecule has 142 valence electrons. The number of nitrogens with one attached hydrogen (secondary N) is 4. The molecule has 0 spiro atoms. The third-order valence-corrected chi connectivity index (χ3v) is 4.90. The van der Waals surface area contributed by atoms with Gasteiger partial charge in [-0.05, 0) is 36.3 Å². The van der Waals surface area contributed by atoms with Crippen LogP contribution < -0.4 is 21.8 Å². The first-order valence-corrected chi connectivity index (χ1v) is 8.91. The van der Waals surface area contributed by atoms with Gasteiger partial charge < -0.3 is 20.6 Å². The molecular weight excluding hydrogens is 382 g/mol. The predicted molar refractivity (Wildman–Crippen MR) is 109 cm³/mol. The summed E-state index contributed by atoms with van der Waals surface area (Å²) >= 11 is 5.34. The third-order valence-electron chi connectivity index (χ3n) is 4.68. The maximum Gasteiger partial charge on any atom is 0.314 e. The monoisotopic (exact) mass is 397 g/mol. The first-order chi connectivity index (χ1) is 13.4. The lowest BCUT2D eigenvalue weighted by Crippen LogP contribution is -2.38. The van der Waals surface area contributed by atoms with Gasteiger partial charge in [-0.15, -0.1) is 0 Å². The Balaban J connectivity index is 1.65. The molecule has 0 radical (unpaired) electrons. The highest BCUT2D eigenvalue weighted by atomic mass is 32.1. The Kier molecular flexibility index (Phi) is 4.40. The van der Waals surface area contributed by atoms with Gasteiger partial charge in [0.1, 0.15) is 0 Å². The maximum absolute atomic E-state index is 11.7. The number of fused-ring (bicyclic) bond motifs is 3. The maximum atomic E-state index is 11.7. The minimum absolute atomic E-state index is 0.0866. The van der Waals surface area contributed by atoms with Crippen LogP contribution in [0.1, 0.15) is 11.1 Å². The van der Waals surface area contributed by atoms with E-state index in [4.69, 9.17) is 12.2 Å². The lowest BCUT2D eigenvalue weighted by atomic mass is 10.1. The van der Waals surface area contributed by atoms with Crippen LogP contribution in [0.3, 0.4) is 0 Å². The molecule has 1 aliphatic carbocycles. The summed E-state index contributed by atoms with van der Waals surface area (Å²) in [5.74, 6) is 0. The Morgan fingerprint density at radius 1 is 1.11 bits per heavy atom. The summed E-state index contributed by atoms with van der Waals surface area (Å²) in [6, 6.07) is 10.5. The van der Waals surface area contributed by atoms with Crippen LogP contribution in [0, 0.1) is 10.1 Å². The molecule has 0 amide bonds. The van der Waals surface area contributed by atoms with Crippen LogP contribution in [0.15, 0.2) is 46.0 Å². The summed E-state index contributed by atoms with van der Waals surface area (Å²) < 4.78 is 0. The zero-order valence-corrected chi connectivity index (χ0v) is 15.3. The smallest absolute Gasteiger partial charge is 0.314 e. The van der Waals surface area contributed by atoms with Gasteiger partial charge in [0.25, 0.3) is 5.69 Å². The summed E-state index contributed by atoms with van der Waals surface area (Å²) in [5, 5.41) is 18.1. The van der Waals surface area contributed by atoms with Crippen molar-refractivity contribution in [1.82, 2.24) is 15.3 Å². The zero-order chi connectivity index (χ0) is 19.8. The van der Waals surface area contributed by atoms with E-state index in [2.05, 4.69) is 20.6 Å². The largest absolute Gasteiger partial charge is 0.359 e. The topological polar surface area (TPSA) is 133 Å². The van der Waals surface area contributed by atoms with E-state index in [1.807, 2.05) is 30.3 Å². The molecule has 1 aliphatic rings. The molecular formula is C18H15N5O4S. The Hall–Kier alpha value is -3.53. The van der Waals surface area contributed by atoms with Gasteiger partial charge in [0.2, 0.25) is 0 Å². The number of benzene rings is 2. The van der Waals surface area contributed by atoms with Crippen molar-refractivity contribution in [1.29, 1.82) is 0 Å². The van der Waals surface area contributed by atoms with Crippen LogP contribution in [0.2, 0.25) is 0 Å². The van der Waals surface area contributed by atoms with Gasteiger partial charge in [-0.1, -0.05) is 18.2 Å². The van der Waals surface area contributed by atoms with E-state index in [1.165, 1.54) is 6.07 Å². The van der Waals surface area contributed by atoms with Crippen molar-refractivity contribution in [3.8, 4) is 0 Å². The number of nitro benzene ring substituents is 1. The number of para-hydroxylation sites is 1. The molecule has 3 aromatic rings. The van der Waals surface area contributed by atoms with Crippen LogP contribution >= 0.6 is 12.2 Å². The number of anilines is 1. The average Bonchev–Trinajstić information content (AvgIpc) is 3.06. The van der Waals surface area contributed by atoms with Gasteiger partial charge in [0.05, 0.1) is 16.0 Å².